The molecule has 0 unspecified atom stereocenters. The van der Waals surface area contributed by atoms with Crippen LogP contribution in [0, 0.1) is 23.7 Å². The molecule has 3 atom stereocenters. The van der Waals surface area contributed by atoms with Crippen LogP contribution in [0.3, 0.4) is 0 Å². The predicted molar refractivity (Wildman–Crippen MR) is 96.3 cm³/mol. The van der Waals surface area contributed by atoms with Gasteiger partial charge in [0.1, 0.15) is 5.41 Å². The Morgan fingerprint density at radius 2 is 1.92 bits per heavy atom. The van der Waals surface area contributed by atoms with E-state index >= 15 is 0 Å². The van der Waals surface area contributed by atoms with Crippen molar-refractivity contribution in [2.24, 2.45) is 5.41 Å². The van der Waals surface area contributed by atoms with Crippen LogP contribution in [0.1, 0.15) is 17.0 Å². The van der Waals surface area contributed by atoms with Gasteiger partial charge in [-0.1, -0.05) is 41.4 Å². The quantitative estimate of drug-likeness (QED) is 0.798. The smallest absolute Gasteiger partial charge is 0.183 e. The van der Waals surface area contributed by atoms with E-state index in [1.807, 2.05) is 13.0 Å². The van der Waals surface area contributed by atoms with Gasteiger partial charge >= 0.3 is 0 Å². The first-order valence-electron chi connectivity index (χ1n) is 7.83. The average molecular weight is 376 g/mol. The molecule has 0 N–H and O–H groups in total. The zero-order chi connectivity index (χ0) is 18.2. The topological polar surface area (TPSA) is 67.2 Å². The van der Waals surface area contributed by atoms with E-state index in [4.69, 9.17) is 16.3 Å². The maximum Gasteiger partial charge on any atom is 0.183 e. The summed E-state index contributed by atoms with van der Waals surface area (Å²) in [5.41, 5.74) is 0.611. The van der Waals surface area contributed by atoms with Gasteiger partial charge in [0.15, 0.2) is 9.84 Å². The molecule has 25 heavy (non-hydrogen) atoms. The van der Waals surface area contributed by atoms with Crippen molar-refractivity contribution in [3.8, 4) is 6.07 Å². The summed E-state index contributed by atoms with van der Waals surface area (Å²) in [5.74, 6) is -0.470. The molecule has 0 heterocycles. The van der Waals surface area contributed by atoms with Gasteiger partial charge < -0.3 is 4.74 Å². The van der Waals surface area contributed by atoms with E-state index in [0.717, 1.165) is 11.1 Å². The molecule has 1 aliphatic rings. The predicted octanol–water partition coefficient (Wildman–Crippen LogP) is 3.74. The molecule has 2 aromatic rings. The highest BCUT2D eigenvalue weighted by Crippen LogP contribution is 2.64. The molecule has 0 aliphatic heterocycles. The fourth-order valence-corrected chi connectivity index (χ4v) is 5.99. The number of benzene rings is 2. The van der Waals surface area contributed by atoms with Crippen LogP contribution < -0.4 is 0 Å². The minimum absolute atomic E-state index is 0.0520. The Hall–Kier alpha value is -1.87. The van der Waals surface area contributed by atoms with Gasteiger partial charge in [-0.3, -0.25) is 0 Å². The van der Waals surface area contributed by atoms with Crippen LogP contribution in [0.4, 0.5) is 0 Å². The van der Waals surface area contributed by atoms with Gasteiger partial charge in [0, 0.05) is 18.1 Å². The summed E-state index contributed by atoms with van der Waals surface area (Å²) in [7, 11) is -2.21. The third-order valence-corrected chi connectivity index (χ3v) is 7.26. The summed E-state index contributed by atoms with van der Waals surface area (Å²) >= 11 is 6.06. The number of halogens is 1. The molecule has 0 saturated heterocycles. The highest BCUT2D eigenvalue weighted by Gasteiger charge is 2.72. The number of aryl methyl sites for hydroxylation is 1. The minimum atomic E-state index is -3.68. The lowest BCUT2D eigenvalue weighted by molar-refractivity contribution is 0.162. The van der Waals surface area contributed by atoms with Gasteiger partial charge in [-0.15, -0.1) is 0 Å². The van der Waals surface area contributed by atoms with E-state index in [-0.39, 0.29) is 11.5 Å². The summed E-state index contributed by atoms with van der Waals surface area (Å²) in [6, 6.07) is 15.9. The molecular formula is C19H18ClNO3S. The molecule has 130 valence electrons. The molecule has 3 rings (SSSR count). The Kier molecular flexibility index (Phi) is 4.63. The zero-order valence-corrected chi connectivity index (χ0v) is 15.5. The second kappa shape index (κ2) is 6.45. The van der Waals surface area contributed by atoms with Crippen LogP contribution in [0.25, 0.3) is 0 Å². The molecule has 1 fully saturated rings. The second-order valence-corrected chi connectivity index (χ2v) is 8.90. The molecule has 2 aromatic carbocycles. The van der Waals surface area contributed by atoms with E-state index in [0.29, 0.717) is 5.02 Å². The number of sulfone groups is 1. The fraction of sp³-hybridized carbons (Fsp3) is 0.316. The molecule has 0 radical (unpaired) electrons. The molecule has 6 heteroatoms. The molecule has 1 saturated carbocycles. The van der Waals surface area contributed by atoms with Gasteiger partial charge in [-0.25, -0.2) is 8.42 Å². The Morgan fingerprint density at radius 3 is 2.48 bits per heavy atom. The number of rotatable bonds is 5. The molecule has 0 aromatic heterocycles. The van der Waals surface area contributed by atoms with E-state index in [1.165, 1.54) is 7.11 Å². The third kappa shape index (κ3) is 2.95. The average Bonchev–Trinajstić information content (AvgIpc) is 3.26. The van der Waals surface area contributed by atoms with Crippen LogP contribution in [0.2, 0.25) is 5.02 Å². The van der Waals surface area contributed by atoms with Gasteiger partial charge in [0.2, 0.25) is 0 Å². The maximum absolute atomic E-state index is 13.2. The summed E-state index contributed by atoms with van der Waals surface area (Å²) in [6.45, 7) is 1.95. The first kappa shape index (κ1) is 17.9. The number of methoxy groups -OCH3 is 1. The third-order valence-electron chi connectivity index (χ3n) is 4.74. The normalized spacial score (nSPS) is 25.4. The summed E-state index contributed by atoms with van der Waals surface area (Å²) in [4.78, 5) is 0.225. The summed E-state index contributed by atoms with van der Waals surface area (Å²) < 4.78 is 31.6. The van der Waals surface area contributed by atoms with Crippen molar-refractivity contribution in [3.63, 3.8) is 0 Å². The van der Waals surface area contributed by atoms with Gasteiger partial charge in [0.25, 0.3) is 0 Å². The Labute approximate surface area is 152 Å². The Balaban J connectivity index is 2.09. The van der Waals surface area contributed by atoms with Crippen molar-refractivity contribution in [1.29, 1.82) is 5.26 Å². The molecule has 0 bridgehead atoms. The number of nitriles is 1. The highest BCUT2D eigenvalue weighted by atomic mass is 35.5. The van der Waals surface area contributed by atoms with E-state index < -0.39 is 26.4 Å². The lowest BCUT2D eigenvalue weighted by atomic mass is 10.0. The lowest BCUT2D eigenvalue weighted by Crippen LogP contribution is -2.19. The number of hydrogen-bond donors (Lipinski definition) is 0. The van der Waals surface area contributed by atoms with Crippen molar-refractivity contribution in [2.45, 2.75) is 23.0 Å². The molecular weight excluding hydrogens is 358 g/mol. The van der Waals surface area contributed by atoms with Crippen molar-refractivity contribution in [3.05, 3.63) is 64.7 Å². The second-order valence-electron chi connectivity index (χ2n) is 6.40. The lowest BCUT2D eigenvalue weighted by Gasteiger charge is -2.08. The van der Waals surface area contributed by atoms with Gasteiger partial charge in [-0.2, -0.15) is 5.26 Å². The number of ether oxygens (including phenoxy) is 1. The monoisotopic (exact) mass is 375 g/mol. The van der Waals surface area contributed by atoms with Crippen molar-refractivity contribution < 1.29 is 13.2 Å². The van der Waals surface area contributed by atoms with Crippen LogP contribution in [0.15, 0.2) is 53.4 Å². The van der Waals surface area contributed by atoms with E-state index in [2.05, 4.69) is 6.07 Å². The number of nitrogens with zero attached hydrogens (tertiary/aromatic N) is 1. The van der Waals surface area contributed by atoms with Crippen molar-refractivity contribution in [1.82, 2.24) is 0 Å². The first-order valence-corrected chi connectivity index (χ1v) is 9.75. The molecule has 0 amide bonds. The first-order chi connectivity index (χ1) is 11.9. The van der Waals surface area contributed by atoms with Gasteiger partial charge in [-0.05, 0) is 36.8 Å². The molecule has 0 spiro atoms. The summed E-state index contributed by atoms with van der Waals surface area (Å²) in [6.07, 6.45) is 0. The van der Waals surface area contributed by atoms with Crippen LogP contribution >= 0.6 is 11.6 Å². The standard InChI is InChI=1S/C19H18ClNO3S/c1-13-6-8-16(9-7-13)25(22,23)18-17(19(18,11-21)12-24-2)14-4-3-5-15(20)10-14/h3-10,17-18H,12H2,1-2H3/t17-,18+,19+/m1/s1. The fourth-order valence-electron chi connectivity index (χ4n) is 3.48. The summed E-state index contributed by atoms with van der Waals surface area (Å²) in [5, 5.41) is 9.44. The van der Waals surface area contributed by atoms with Crippen LogP contribution in [0.5, 0.6) is 0 Å². The van der Waals surface area contributed by atoms with Crippen molar-refractivity contribution in [2.75, 3.05) is 13.7 Å². The number of hydrogen-bond acceptors (Lipinski definition) is 4. The van der Waals surface area contributed by atoms with E-state index in [1.54, 1.807) is 42.5 Å². The van der Waals surface area contributed by atoms with Crippen LogP contribution in [-0.4, -0.2) is 27.4 Å². The van der Waals surface area contributed by atoms with Gasteiger partial charge in [0.05, 0.1) is 22.8 Å². The maximum atomic E-state index is 13.2. The molecule has 4 nitrogen and oxygen atoms in total. The zero-order valence-electron chi connectivity index (χ0n) is 13.9. The van der Waals surface area contributed by atoms with Crippen molar-refractivity contribution >= 4 is 21.4 Å². The Bertz CT molecular complexity index is 934. The SMILES string of the molecule is COC[C@@]1(C#N)[C@H](c2cccc(Cl)c2)[C@@H]1S(=O)(=O)c1ccc(C)cc1. The molecule has 1 aliphatic carbocycles. The Morgan fingerprint density at radius 1 is 1.24 bits per heavy atom. The largest absolute Gasteiger partial charge is 0.383 e. The highest BCUT2D eigenvalue weighted by molar-refractivity contribution is 7.92. The van der Waals surface area contributed by atoms with E-state index in [9.17, 15) is 13.7 Å². The van der Waals surface area contributed by atoms with Crippen LogP contribution in [-0.2, 0) is 14.6 Å². The minimum Gasteiger partial charge on any atom is -0.383 e.